The van der Waals surface area contributed by atoms with Crippen LogP contribution in [0.4, 0.5) is 4.79 Å². The van der Waals surface area contributed by atoms with Crippen LogP contribution >= 0.6 is 0 Å². The van der Waals surface area contributed by atoms with Crippen LogP contribution < -0.4 is 10.6 Å². The average Bonchev–Trinajstić information content (AvgIpc) is 2.97. The Morgan fingerprint density at radius 1 is 1.35 bits per heavy atom. The number of amides is 1. The van der Waals surface area contributed by atoms with Crippen molar-refractivity contribution in [1.82, 2.24) is 10.6 Å². The van der Waals surface area contributed by atoms with Gasteiger partial charge in [-0.15, -0.1) is 0 Å². The van der Waals surface area contributed by atoms with Gasteiger partial charge in [-0.05, 0) is 53.0 Å². The Morgan fingerprint density at radius 3 is 2.53 bits per heavy atom. The number of rotatable bonds is 2. The Labute approximate surface area is 103 Å². The third kappa shape index (κ3) is 3.35. The molecule has 1 atom stereocenters. The Kier molecular flexibility index (Phi) is 3.34. The van der Waals surface area contributed by atoms with Crippen LogP contribution in [0, 0.1) is 0 Å². The highest BCUT2D eigenvalue weighted by molar-refractivity contribution is 5.69. The van der Waals surface area contributed by atoms with E-state index in [9.17, 15) is 4.79 Å². The van der Waals surface area contributed by atoms with E-state index in [1.54, 1.807) is 0 Å². The maximum absolute atomic E-state index is 11.8. The molecule has 1 aliphatic carbocycles. The fourth-order valence-electron chi connectivity index (χ4n) is 2.53. The molecule has 1 saturated heterocycles. The first kappa shape index (κ1) is 12.7. The van der Waals surface area contributed by atoms with E-state index < -0.39 is 5.60 Å². The molecule has 0 bridgehead atoms. The molecule has 1 amide bonds. The van der Waals surface area contributed by atoms with Gasteiger partial charge in [-0.2, -0.15) is 0 Å². The van der Waals surface area contributed by atoms with Crippen LogP contribution in [0.25, 0.3) is 0 Å². The smallest absolute Gasteiger partial charge is 0.408 e. The maximum atomic E-state index is 11.8. The molecule has 0 radical (unpaired) electrons. The normalized spacial score (nSPS) is 27.4. The zero-order valence-electron chi connectivity index (χ0n) is 11.1. The van der Waals surface area contributed by atoms with Crippen molar-refractivity contribution in [2.45, 2.75) is 70.1 Å². The molecule has 2 fully saturated rings. The minimum atomic E-state index is -0.417. The summed E-state index contributed by atoms with van der Waals surface area (Å²) in [5.74, 6) is 0. The van der Waals surface area contributed by atoms with Crippen molar-refractivity contribution >= 4 is 6.09 Å². The second kappa shape index (κ2) is 4.48. The Morgan fingerprint density at radius 2 is 2.06 bits per heavy atom. The molecule has 1 heterocycles. The van der Waals surface area contributed by atoms with E-state index in [1.807, 2.05) is 20.8 Å². The lowest BCUT2D eigenvalue weighted by molar-refractivity contribution is 0.0477. The van der Waals surface area contributed by atoms with Gasteiger partial charge in [0.25, 0.3) is 0 Å². The second-order valence-electron chi connectivity index (χ2n) is 6.29. The van der Waals surface area contributed by atoms with Gasteiger partial charge in [0.2, 0.25) is 0 Å². The first-order valence-corrected chi connectivity index (χ1v) is 6.66. The molecule has 0 spiro atoms. The Balaban J connectivity index is 1.87. The quantitative estimate of drug-likeness (QED) is 0.778. The number of alkyl carbamates (subject to hydrolysis) is 1. The molecular formula is C13H24N2O2. The molecular weight excluding hydrogens is 216 g/mol. The minimum Gasteiger partial charge on any atom is -0.444 e. The number of hydrogen-bond acceptors (Lipinski definition) is 3. The molecule has 0 aromatic heterocycles. The SMILES string of the molecule is CC(C)(C)OC(=O)NC1(C2CCCCN2)CC1. The van der Waals surface area contributed by atoms with E-state index in [-0.39, 0.29) is 11.6 Å². The molecule has 4 nitrogen and oxygen atoms in total. The first-order chi connectivity index (χ1) is 7.91. The summed E-state index contributed by atoms with van der Waals surface area (Å²) in [6.07, 6.45) is 5.54. The van der Waals surface area contributed by atoms with Crippen molar-refractivity contribution in [1.29, 1.82) is 0 Å². The zero-order valence-corrected chi connectivity index (χ0v) is 11.1. The van der Waals surface area contributed by atoms with E-state index in [4.69, 9.17) is 4.74 Å². The summed E-state index contributed by atoms with van der Waals surface area (Å²) in [5.41, 5.74) is -0.442. The molecule has 17 heavy (non-hydrogen) atoms. The van der Waals surface area contributed by atoms with E-state index >= 15 is 0 Å². The predicted molar refractivity (Wildman–Crippen MR) is 67.0 cm³/mol. The van der Waals surface area contributed by atoms with Gasteiger partial charge in [0.1, 0.15) is 5.60 Å². The van der Waals surface area contributed by atoms with Gasteiger partial charge in [-0.3, -0.25) is 0 Å². The predicted octanol–water partition coefficient (Wildman–Crippen LogP) is 2.19. The summed E-state index contributed by atoms with van der Waals surface area (Å²) in [4.78, 5) is 11.8. The molecule has 2 rings (SSSR count). The third-order valence-corrected chi connectivity index (χ3v) is 3.52. The van der Waals surface area contributed by atoms with E-state index in [0.717, 1.165) is 25.8 Å². The molecule has 0 aromatic carbocycles. The van der Waals surface area contributed by atoms with Crippen molar-refractivity contribution in [2.24, 2.45) is 0 Å². The van der Waals surface area contributed by atoms with Gasteiger partial charge < -0.3 is 15.4 Å². The summed E-state index contributed by atoms with van der Waals surface area (Å²) in [6, 6.07) is 0.434. The number of piperidine rings is 1. The van der Waals surface area contributed by atoms with Crippen molar-refractivity contribution in [3.05, 3.63) is 0 Å². The van der Waals surface area contributed by atoms with E-state index in [0.29, 0.717) is 6.04 Å². The monoisotopic (exact) mass is 240 g/mol. The molecule has 2 N–H and O–H groups in total. The zero-order chi connectivity index (χ0) is 12.5. The van der Waals surface area contributed by atoms with Crippen LogP contribution in [0.3, 0.4) is 0 Å². The number of nitrogens with one attached hydrogen (secondary N) is 2. The van der Waals surface area contributed by atoms with Crippen LogP contribution in [0.2, 0.25) is 0 Å². The van der Waals surface area contributed by atoms with Crippen LogP contribution in [0.15, 0.2) is 0 Å². The topological polar surface area (TPSA) is 50.4 Å². The van der Waals surface area contributed by atoms with Crippen LogP contribution in [0.1, 0.15) is 52.9 Å². The van der Waals surface area contributed by atoms with E-state index in [2.05, 4.69) is 10.6 Å². The Bertz CT molecular complexity index is 286. The minimum absolute atomic E-state index is 0.0250. The van der Waals surface area contributed by atoms with E-state index in [1.165, 1.54) is 12.8 Å². The summed E-state index contributed by atoms with van der Waals surface area (Å²) < 4.78 is 5.33. The summed E-state index contributed by atoms with van der Waals surface area (Å²) in [6.45, 7) is 6.75. The van der Waals surface area contributed by atoms with Gasteiger partial charge in [0, 0.05) is 6.04 Å². The molecule has 1 unspecified atom stereocenters. The first-order valence-electron chi connectivity index (χ1n) is 6.66. The summed E-state index contributed by atoms with van der Waals surface area (Å²) in [7, 11) is 0. The highest BCUT2D eigenvalue weighted by Gasteiger charge is 2.51. The average molecular weight is 240 g/mol. The van der Waals surface area contributed by atoms with Crippen LogP contribution in [0.5, 0.6) is 0 Å². The molecule has 0 aromatic rings. The van der Waals surface area contributed by atoms with Gasteiger partial charge in [0.15, 0.2) is 0 Å². The van der Waals surface area contributed by atoms with Gasteiger partial charge >= 0.3 is 6.09 Å². The lowest BCUT2D eigenvalue weighted by atomic mass is 9.96. The van der Waals surface area contributed by atoms with Crippen molar-refractivity contribution in [3.8, 4) is 0 Å². The highest BCUT2D eigenvalue weighted by Crippen LogP contribution is 2.41. The third-order valence-electron chi connectivity index (χ3n) is 3.52. The second-order valence-corrected chi connectivity index (χ2v) is 6.29. The lowest BCUT2D eigenvalue weighted by Gasteiger charge is -2.32. The van der Waals surface area contributed by atoms with Gasteiger partial charge in [-0.1, -0.05) is 6.42 Å². The Hall–Kier alpha value is -0.770. The molecule has 1 aliphatic heterocycles. The molecule has 1 saturated carbocycles. The largest absolute Gasteiger partial charge is 0.444 e. The van der Waals surface area contributed by atoms with Gasteiger partial charge in [-0.25, -0.2) is 4.79 Å². The highest BCUT2D eigenvalue weighted by atomic mass is 16.6. The fourth-order valence-corrected chi connectivity index (χ4v) is 2.53. The molecule has 2 aliphatic rings. The number of carbonyl (C=O) groups excluding carboxylic acids is 1. The standard InChI is InChI=1S/C13H24N2O2/c1-12(2,3)17-11(16)15-13(7-8-13)10-6-4-5-9-14-10/h10,14H,4-9H2,1-3H3,(H,15,16). The van der Waals surface area contributed by atoms with Crippen LogP contribution in [-0.2, 0) is 4.74 Å². The number of ether oxygens (including phenoxy) is 1. The molecule has 4 heteroatoms. The number of hydrogen-bond donors (Lipinski definition) is 2. The molecule has 98 valence electrons. The lowest BCUT2D eigenvalue weighted by Crippen LogP contribution is -2.54. The number of carbonyl (C=O) groups is 1. The van der Waals surface area contributed by atoms with Crippen molar-refractivity contribution in [3.63, 3.8) is 0 Å². The summed E-state index contributed by atoms with van der Waals surface area (Å²) in [5, 5.41) is 6.59. The van der Waals surface area contributed by atoms with Crippen molar-refractivity contribution < 1.29 is 9.53 Å². The van der Waals surface area contributed by atoms with Crippen molar-refractivity contribution in [2.75, 3.05) is 6.54 Å². The maximum Gasteiger partial charge on any atom is 0.408 e. The fraction of sp³-hybridized carbons (Fsp3) is 0.923. The van der Waals surface area contributed by atoms with Gasteiger partial charge in [0.05, 0.1) is 5.54 Å². The van der Waals surface area contributed by atoms with Crippen LogP contribution in [-0.4, -0.2) is 29.8 Å². The summed E-state index contributed by atoms with van der Waals surface area (Å²) >= 11 is 0.